The number of morpholine rings is 1. The van der Waals surface area contributed by atoms with Gasteiger partial charge in [-0.15, -0.1) is 0 Å². The highest BCUT2D eigenvalue weighted by atomic mass is 19.1. The maximum atomic E-state index is 14.0. The zero-order valence-corrected chi connectivity index (χ0v) is 14.2. The average Bonchev–Trinajstić information content (AvgIpc) is 2.84. The van der Waals surface area contributed by atoms with Gasteiger partial charge < -0.3 is 9.84 Å². The summed E-state index contributed by atoms with van der Waals surface area (Å²) in [5.74, 6) is -0.215. The number of rotatable bonds is 5. The van der Waals surface area contributed by atoms with Crippen molar-refractivity contribution in [3.63, 3.8) is 0 Å². The molecule has 1 unspecified atom stereocenters. The molecule has 1 aromatic heterocycles. The second-order valence-corrected chi connectivity index (χ2v) is 6.21. The van der Waals surface area contributed by atoms with E-state index in [1.54, 1.807) is 12.1 Å². The van der Waals surface area contributed by atoms with E-state index in [2.05, 4.69) is 10.00 Å². The molecule has 0 amide bonds. The summed E-state index contributed by atoms with van der Waals surface area (Å²) in [6, 6.07) is 6.81. The SMILES string of the molecule is Cc1nn(CCO)c(C)c1CN1CCOC(c2ccccc2F)C1. The summed E-state index contributed by atoms with van der Waals surface area (Å²) in [6.45, 7) is 7.42. The molecule has 130 valence electrons. The van der Waals surface area contributed by atoms with E-state index in [0.717, 1.165) is 24.5 Å². The Morgan fingerprint density at radius 1 is 1.33 bits per heavy atom. The number of halogens is 1. The fraction of sp³-hybridized carbons (Fsp3) is 0.500. The lowest BCUT2D eigenvalue weighted by Crippen LogP contribution is -2.38. The van der Waals surface area contributed by atoms with E-state index >= 15 is 0 Å². The van der Waals surface area contributed by atoms with E-state index in [9.17, 15) is 4.39 Å². The van der Waals surface area contributed by atoms with Crippen molar-refractivity contribution in [2.24, 2.45) is 0 Å². The molecular weight excluding hydrogens is 309 g/mol. The fourth-order valence-electron chi connectivity index (χ4n) is 3.27. The van der Waals surface area contributed by atoms with Crippen LogP contribution >= 0.6 is 0 Å². The molecule has 0 radical (unpaired) electrons. The Morgan fingerprint density at radius 2 is 2.12 bits per heavy atom. The van der Waals surface area contributed by atoms with Crippen molar-refractivity contribution in [1.82, 2.24) is 14.7 Å². The second-order valence-electron chi connectivity index (χ2n) is 6.21. The Hall–Kier alpha value is -1.76. The van der Waals surface area contributed by atoms with Crippen molar-refractivity contribution in [1.29, 1.82) is 0 Å². The lowest BCUT2D eigenvalue weighted by Gasteiger charge is -2.33. The molecule has 1 atom stereocenters. The number of benzene rings is 1. The Morgan fingerprint density at radius 3 is 2.88 bits per heavy atom. The second kappa shape index (κ2) is 7.42. The largest absolute Gasteiger partial charge is 0.394 e. The topological polar surface area (TPSA) is 50.5 Å². The van der Waals surface area contributed by atoms with Gasteiger partial charge in [0, 0.05) is 36.5 Å². The minimum absolute atomic E-state index is 0.0777. The molecule has 1 aliphatic rings. The number of ether oxygens (including phenoxy) is 1. The van der Waals surface area contributed by atoms with Crippen LogP contribution in [0.5, 0.6) is 0 Å². The maximum Gasteiger partial charge on any atom is 0.129 e. The quantitative estimate of drug-likeness (QED) is 0.911. The molecule has 24 heavy (non-hydrogen) atoms. The molecule has 0 spiro atoms. The highest BCUT2D eigenvalue weighted by Gasteiger charge is 2.25. The van der Waals surface area contributed by atoms with Crippen LogP contribution in [0.15, 0.2) is 24.3 Å². The minimum atomic E-state index is -0.243. The third kappa shape index (κ3) is 3.50. The highest BCUT2D eigenvalue weighted by Crippen LogP contribution is 2.26. The Kier molecular flexibility index (Phi) is 5.28. The molecule has 1 saturated heterocycles. The first kappa shape index (κ1) is 17.1. The van der Waals surface area contributed by atoms with Crippen LogP contribution in [-0.4, -0.2) is 46.1 Å². The molecule has 1 N–H and O–H groups in total. The van der Waals surface area contributed by atoms with E-state index in [0.29, 0.717) is 25.3 Å². The molecule has 6 heteroatoms. The smallest absolute Gasteiger partial charge is 0.129 e. The predicted molar refractivity (Wildman–Crippen MR) is 89.2 cm³/mol. The van der Waals surface area contributed by atoms with Crippen molar-refractivity contribution >= 4 is 0 Å². The Bertz CT molecular complexity index is 702. The predicted octanol–water partition coefficient (Wildman–Crippen LogP) is 2.20. The van der Waals surface area contributed by atoms with Crippen molar-refractivity contribution in [2.75, 3.05) is 26.3 Å². The zero-order chi connectivity index (χ0) is 17.1. The normalized spacial score (nSPS) is 18.9. The van der Waals surface area contributed by atoms with Crippen molar-refractivity contribution < 1.29 is 14.2 Å². The average molecular weight is 333 g/mol. The summed E-state index contributed by atoms with van der Waals surface area (Å²) < 4.78 is 21.6. The van der Waals surface area contributed by atoms with Gasteiger partial charge in [0.05, 0.1) is 31.6 Å². The van der Waals surface area contributed by atoms with Gasteiger partial charge in [0.15, 0.2) is 0 Å². The monoisotopic (exact) mass is 333 g/mol. The molecule has 5 nitrogen and oxygen atoms in total. The van der Waals surface area contributed by atoms with E-state index in [4.69, 9.17) is 9.84 Å². The third-order valence-corrected chi connectivity index (χ3v) is 4.63. The summed E-state index contributed by atoms with van der Waals surface area (Å²) >= 11 is 0. The molecular formula is C18H24FN3O2. The first-order chi connectivity index (χ1) is 11.6. The van der Waals surface area contributed by atoms with Gasteiger partial charge in [0.2, 0.25) is 0 Å². The van der Waals surface area contributed by atoms with Gasteiger partial charge in [0.1, 0.15) is 5.82 Å². The Labute approximate surface area is 141 Å². The molecule has 0 bridgehead atoms. The lowest BCUT2D eigenvalue weighted by atomic mass is 10.1. The van der Waals surface area contributed by atoms with Gasteiger partial charge >= 0.3 is 0 Å². The zero-order valence-electron chi connectivity index (χ0n) is 14.2. The van der Waals surface area contributed by atoms with Gasteiger partial charge in [-0.25, -0.2) is 4.39 Å². The summed E-state index contributed by atoms with van der Waals surface area (Å²) in [6.07, 6.45) is -0.243. The van der Waals surface area contributed by atoms with Crippen molar-refractivity contribution in [2.45, 2.75) is 33.0 Å². The molecule has 1 fully saturated rings. The van der Waals surface area contributed by atoms with Crippen LogP contribution in [-0.2, 0) is 17.8 Å². The van der Waals surface area contributed by atoms with E-state index in [1.165, 1.54) is 11.6 Å². The number of aliphatic hydroxyl groups is 1. The summed E-state index contributed by atoms with van der Waals surface area (Å²) in [4.78, 5) is 2.28. The van der Waals surface area contributed by atoms with Crippen LogP contribution in [0.1, 0.15) is 28.6 Å². The highest BCUT2D eigenvalue weighted by molar-refractivity contribution is 5.25. The molecule has 1 aliphatic heterocycles. The molecule has 0 saturated carbocycles. The van der Waals surface area contributed by atoms with Crippen LogP contribution in [0.4, 0.5) is 4.39 Å². The number of nitrogens with zero attached hydrogens (tertiary/aromatic N) is 3. The number of aliphatic hydroxyl groups excluding tert-OH is 1. The van der Waals surface area contributed by atoms with Crippen molar-refractivity contribution in [3.8, 4) is 0 Å². The Balaban J connectivity index is 1.73. The first-order valence-electron chi connectivity index (χ1n) is 8.32. The van der Waals surface area contributed by atoms with E-state index in [1.807, 2.05) is 24.6 Å². The van der Waals surface area contributed by atoms with Gasteiger partial charge in [-0.05, 0) is 19.9 Å². The number of aromatic nitrogens is 2. The minimum Gasteiger partial charge on any atom is -0.394 e. The van der Waals surface area contributed by atoms with Crippen LogP contribution in [0, 0.1) is 19.7 Å². The molecule has 2 aromatic rings. The maximum absolute atomic E-state index is 14.0. The van der Waals surface area contributed by atoms with Crippen LogP contribution in [0.2, 0.25) is 0 Å². The lowest BCUT2D eigenvalue weighted by molar-refractivity contribution is -0.0346. The van der Waals surface area contributed by atoms with Crippen LogP contribution < -0.4 is 0 Å². The molecule has 0 aliphatic carbocycles. The van der Waals surface area contributed by atoms with Crippen LogP contribution in [0.25, 0.3) is 0 Å². The molecule has 3 rings (SSSR count). The van der Waals surface area contributed by atoms with Gasteiger partial charge in [-0.3, -0.25) is 9.58 Å². The molecule has 2 heterocycles. The van der Waals surface area contributed by atoms with Gasteiger partial charge in [-0.1, -0.05) is 18.2 Å². The van der Waals surface area contributed by atoms with Gasteiger partial charge in [-0.2, -0.15) is 5.10 Å². The third-order valence-electron chi connectivity index (χ3n) is 4.63. The standard InChI is InChI=1S/C18H24FN3O2/c1-13-16(14(2)22(20-13)7-9-23)11-21-8-10-24-18(12-21)15-5-3-4-6-17(15)19/h3-6,18,23H,7-12H2,1-2H3. The molecule has 1 aromatic carbocycles. The number of aryl methyl sites for hydroxylation is 1. The summed E-state index contributed by atoms with van der Waals surface area (Å²) in [5, 5.41) is 13.6. The van der Waals surface area contributed by atoms with E-state index in [-0.39, 0.29) is 18.5 Å². The van der Waals surface area contributed by atoms with Gasteiger partial charge in [0.25, 0.3) is 0 Å². The van der Waals surface area contributed by atoms with E-state index < -0.39 is 0 Å². The fourth-order valence-corrected chi connectivity index (χ4v) is 3.27. The van der Waals surface area contributed by atoms with Crippen LogP contribution in [0.3, 0.4) is 0 Å². The summed E-state index contributed by atoms with van der Waals surface area (Å²) in [5.41, 5.74) is 3.86. The van der Waals surface area contributed by atoms with Crippen molar-refractivity contribution in [3.05, 3.63) is 52.6 Å². The number of hydrogen-bond acceptors (Lipinski definition) is 4. The first-order valence-corrected chi connectivity index (χ1v) is 8.32. The summed E-state index contributed by atoms with van der Waals surface area (Å²) in [7, 11) is 0. The number of hydrogen-bond donors (Lipinski definition) is 1.